The Bertz CT molecular complexity index is 604. The van der Waals surface area contributed by atoms with Gasteiger partial charge in [-0.25, -0.2) is 0 Å². The molecule has 0 aromatic heterocycles. The molecule has 5 heteroatoms. The Morgan fingerprint density at radius 1 is 1.10 bits per heavy atom. The molecule has 0 spiro atoms. The molecule has 0 unspecified atom stereocenters. The van der Waals surface area contributed by atoms with Gasteiger partial charge >= 0.3 is 0 Å². The molecule has 0 fully saturated rings. The molecule has 0 saturated carbocycles. The zero-order valence-corrected chi connectivity index (χ0v) is 12.9. The molecule has 106 valence electrons. The van der Waals surface area contributed by atoms with Crippen LogP contribution in [0.5, 0.6) is 11.5 Å². The smallest absolute Gasteiger partial charge is 0.162 e. The van der Waals surface area contributed by atoms with E-state index in [2.05, 4.69) is 0 Å². The van der Waals surface area contributed by atoms with Crippen molar-refractivity contribution in [2.45, 2.75) is 10.6 Å². The van der Waals surface area contributed by atoms with Gasteiger partial charge in [0, 0.05) is 27.4 Å². The normalized spacial score (nSPS) is 10.3. The summed E-state index contributed by atoms with van der Waals surface area (Å²) in [5, 5.41) is 0.763. The first kappa shape index (κ1) is 14.9. The minimum Gasteiger partial charge on any atom is -0.493 e. The van der Waals surface area contributed by atoms with Crippen molar-refractivity contribution in [1.82, 2.24) is 0 Å². The summed E-state index contributed by atoms with van der Waals surface area (Å²) < 4.78 is 10.5. The molecule has 2 aromatic carbocycles. The predicted octanol–water partition coefficient (Wildman–Crippen LogP) is 4.23. The topological polar surface area (TPSA) is 44.5 Å². The minimum absolute atomic E-state index is 0.632. The van der Waals surface area contributed by atoms with Crippen LogP contribution in [0.4, 0.5) is 5.69 Å². The first-order valence-electron chi connectivity index (χ1n) is 6.03. The lowest BCUT2D eigenvalue weighted by Crippen LogP contribution is -1.95. The Labute approximate surface area is 128 Å². The summed E-state index contributed by atoms with van der Waals surface area (Å²) >= 11 is 7.77. The number of halogens is 1. The third-order valence-corrected chi connectivity index (χ3v) is 4.35. The average Bonchev–Trinajstić information content (AvgIpc) is 2.47. The van der Waals surface area contributed by atoms with E-state index < -0.39 is 0 Å². The van der Waals surface area contributed by atoms with E-state index in [1.807, 2.05) is 30.3 Å². The van der Waals surface area contributed by atoms with Crippen molar-refractivity contribution < 1.29 is 9.47 Å². The van der Waals surface area contributed by atoms with Crippen LogP contribution in [0.25, 0.3) is 0 Å². The van der Waals surface area contributed by atoms with E-state index in [4.69, 9.17) is 26.8 Å². The van der Waals surface area contributed by atoms with E-state index in [1.165, 1.54) is 0 Å². The number of rotatable bonds is 5. The van der Waals surface area contributed by atoms with Crippen molar-refractivity contribution in [3.8, 4) is 11.5 Å². The van der Waals surface area contributed by atoms with Gasteiger partial charge in [-0.05, 0) is 17.7 Å². The molecule has 20 heavy (non-hydrogen) atoms. The highest BCUT2D eigenvalue weighted by atomic mass is 35.5. The summed E-state index contributed by atoms with van der Waals surface area (Å²) in [5.74, 6) is 2.05. The molecule has 2 aromatic rings. The molecule has 0 atom stereocenters. The Morgan fingerprint density at radius 2 is 1.75 bits per heavy atom. The van der Waals surface area contributed by atoms with E-state index in [1.54, 1.807) is 32.0 Å². The predicted molar refractivity (Wildman–Crippen MR) is 85.0 cm³/mol. The maximum atomic E-state index is 6.15. The molecule has 0 radical (unpaired) electrons. The van der Waals surface area contributed by atoms with Crippen LogP contribution in [-0.2, 0) is 5.75 Å². The zero-order chi connectivity index (χ0) is 14.5. The lowest BCUT2D eigenvalue weighted by atomic mass is 10.2. The van der Waals surface area contributed by atoms with Gasteiger partial charge in [0.1, 0.15) is 0 Å². The van der Waals surface area contributed by atoms with Crippen LogP contribution in [0.15, 0.2) is 41.3 Å². The van der Waals surface area contributed by atoms with Crippen molar-refractivity contribution in [3.05, 3.63) is 47.0 Å². The minimum atomic E-state index is 0.632. The van der Waals surface area contributed by atoms with Gasteiger partial charge in [-0.15, -0.1) is 11.8 Å². The fourth-order valence-corrected chi connectivity index (χ4v) is 3.03. The largest absolute Gasteiger partial charge is 0.493 e. The second-order valence-electron chi connectivity index (χ2n) is 4.13. The van der Waals surface area contributed by atoms with Crippen LogP contribution < -0.4 is 15.2 Å². The maximum absolute atomic E-state index is 6.15. The van der Waals surface area contributed by atoms with Crippen LogP contribution >= 0.6 is 23.4 Å². The molecule has 3 nitrogen and oxygen atoms in total. The second kappa shape index (κ2) is 6.77. The first-order valence-corrected chi connectivity index (χ1v) is 7.39. The highest BCUT2D eigenvalue weighted by Crippen LogP contribution is 2.38. The lowest BCUT2D eigenvalue weighted by molar-refractivity contribution is 0.354. The van der Waals surface area contributed by atoms with Crippen LogP contribution in [0, 0.1) is 0 Å². The highest BCUT2D eigenvalue weighted by molar-refractivity contribution is 7.98. The number of anilines is 1. The lowest BCUT2D eigenvalue weighted by Gasteiger charge is -2.12. The monoisotopic (exact) mass is 309 g/mol. The standard InChI is InChI=1S/C15H16ClNO2S/c1-18-13-7-12(17)15(8-14(13)19-2)20-9-10-5-3-4-6-11(10)16/h3-8H,9,17H2,1-2H3. The van der Waals surface area contributed by atoms with Gasteiger partial charge in [-0.2, -0.15) is 0 Å². The molecule has 2 rings (SSSR count). The zero-order valence-electron chi connectivity index (χ0n) is 11.4. The number of benzene rings is 2. The summed E-state index contributed by atoms with van der Waals surface area (Å²) in [4.78, 5) is 0.947. The average molecular weight is 310 g/mol. The molecule has 0 saturated heterocycles. The van der Waals surface area contributed by atoms with E-state index in [-0.39, 0.29) is 0 Å². The van der Waals surface area contributed by atoms with Crippen molar-refractivity contribution >= 4 is 29.1 Å². The van der Waals surface area contributed by atoms with Gasteiger partial charge in [-0.1, -0.05) is 29.8 Å². The number of ether oxygens (including phenoxy) is 2. The number of hydrogen-bond donors (Lipinski definition) is 1. The SMILES string of the molecule is COc1cc(N)c(SCc2ccccc2Cl)cc1OC. The molecule has 0 aliphatic carbocycles. The molecule has 2 N–H and O–H groups in total. The van der Waals surface area contributed by atoms with Gasteiger partial charge in [-0.3, -0.25) is 0 Å². The van der Waals surface area contributed by atoms with E-state index in [9.17, 15) is 0 Å². The Morgan fingerprint density at radius 3 is 2.40 bits per heavy atom. The Balaban J connectivity index is 2.19. The van der Waals surface area contributed by atoms with Crippen LogP contribution in [-0.4, -0.2) is 14.2 Å². The summed E-state index contributed by atoms with van der Waals surface area (Å²) in [5.41, 5.74) is 7.78. The van der Waals surface area contributed by atoms with E-state index >= 15 is 0 Å². The third kappa shape index (κ3) is 3.32. The number of hydrogen-bond acceptors (Lipinski definition) is 4. The van der Waals surface area contributed by atoms with Gasteiger partial charge in [0.15, 0.2) is 11.5 Å². The molecular formula is C15H16ClNO2S. The molecule has 0 aliphatic rings. The van der Waals surface area contributed by atoms with Crippen molar-refractivity contribution in [3.63, 3.8) is 0 Å². The number of thioether (sulfide) groups is 1. The van der Waals surface area contributed by atoms with Gasteiger partial charge in [0.2, 0.25) is 0 Å². The fraction of sp³-hybridized carbons (Fsp3) is 0.200. The maximum Gasteiger partial charge on any atom is 0.162 e. The number of methoxy groups -OCH3 is 2. The van der Waals surface area contributed by atoms with Gasteiger partial charge < -0.3 is 15.2 Å². The van der Waals surface area contributed by atoms with E-state index in [0.717, 1.165) is 21.2 Å². The van der Waals surface area contributed by atoms with Crippen LogP contribution in [0.1, 0.15) is 5.56 Å². The summed E-state index contributed by atoms with van der Waals surface area (Å²) in [6.07, 6.45) is 0. The summed E-state index contributed by atoms with van der Waals surface area (Å²) in [7, 11) is 3.20. The quantitative estimate of drug-likeness (QED) is 0.663. The Hall–Kier alpha value is -1.52. The van der Waals surface area contributed by atoms with Gasteiger partial charge in [0.25, 0.3) is 0 Å². The summed E-state index contributed by atoms with van der Waals surface area (Å²) in [6.45, 7) is 0. The molecule has 0 aliphatic heterocycles. The van der Waals surface area contributed by atoms with E-state index in [0.29, 0.717) is 17.2 Å². The first-order chi connectivity index (χ1) is 9.65. The molecular weight excluding hydrogens is 294 g/mol. The molecule has 0 heterocycles. The van der Waals surface area contributed by atoms with Gasteiger partial charge in [0.05, 0.1) is 14.2 Å². The van der Waals surface area contributed by atoms with Crippen LogP contribution in [0.3, 0.4) is 0 Å². The van der Waals surface area contributed by atoms with Crippen molar-refractivity contribution in [1.29, 1.82) is 0 Å². The van der Waals surface area contributed by atoms with Crippen molar-refractivity contribution in [2.75, 3.05) is 20.0 Å². The fourth-order valence-electron chi connectivity index (χ4n) is 1.77. The second-order valence-corrected chi connectivity index (χ2v) is 5.55. The summed E-state index contributed by atoms with van der Waals surface area (Å²) in [6, 6.07) is 11.4. The highest BCUT2D eigenvalue weighted by Gasteiger charge is 2.10. The molecule has 0 bridgehead atoms. The number of nitrogen functional groups attached to an aromatic ring is 1. The third-order valence-electron chi connectivity index (χ3n) is 2.86. The number of nitrogens with two attached hydrogens (primary N) is 1. The Kier molecular flexibility index (Phi) is 5.04. The molecule has 0 amide bonds. The van der Waals surface area contributed by atoms with Crippen LogP contribution in [0.2, 0.25) is 5.02 Å². The van der Waals surface area contributed by atoms with Crippen molar-refractivity contribution in [2.24, 2.45) is 0 Å².